The number of hydrogen-bond acceptors (Lipinski definition) is 2. The molecule has 0 aliphatic heterocycles. The zero-order valence-corrected chi connectivity index (χ0v) is 10.4. The summed E-state index contributed by atoms with van der Waals surface area (Å²) in [6, 6.07) is 0.325. The van der Waals surface area contributed by atoms with Crippen LogP contribution in [0.25, 0.3) is 0 Å². The van der Waals surface area contributed by atoms with Crippen LogP contribution in [-0.2, 0) is 9.59 Å². The molecule has 2 aliphatic carbocycles. The van der Waals surface area contributed by atoms with Crippen LogP contribution >= 0.6 is 0 Å². The predicted molar refractivity (Wildman–Crippen MR) is 63.6 cm³/mol. The lowest BCUT2D eigenvalue weighted by Gasteiger charge is -2.40. The number of carboxylic acid groups (broad SMARTS) is 1. The molecule has 0 bridgehead atoms. The Bertz CT molecular complexity index is 319. The van der Waals surface area contributed by atoms with Crippen molar-refractivity contribution in [3.63, 3.8) is 0 Å². The normalized spacial score (nSPS) is 21.7. The van der Waals surface area contributed by atoms with Gasteiger partial charge in [0, 0.05) is 12.6 Å². The zero-order valence-electron chi connectivity index (χ0n) is 10.4. The van der Waals surface area contributed by atoms with E-state index in [0.717, 1.165) is 38.6 Å². The maximum atomic E-state index is 12.4. The highest BCUT2D eigenvalue weighted by atomic mass is 16.4. The van der Waals surface area contributed by atoms with Gasteiger partial charge in [0.25, 0.3) is 0 Å². The van der Waals surface area contributed by atoms with Gasteiger partial charge in [0.2, 0.25) is 5.91 Å². The number of nitrogens with zero attached hydrogens (tertiary/aromatic N) is 1. The number of aliphatic carboxylic acids is 1. The number of hydrogen-bond donors (Lipinski definition) is 1. The van der Waals surface area contributed by atoms with E-state index in [0.29, 0.717) is 18.9 Å². The monoisotopic (exact) mass is 239 g/mol. The van der Waals surface area contributed by atoms with Crippen molar-refractivity contribution < 1.29 is 14.7 Å². The third-order valence-electron chi connectivity index (χ3n) is 4.03. The van der Waals surface area contributed by atoms with Crippen LogP contribution in [-0.4, -0.2) is 34.5 Å². The van der Waals surface area contributed by atoms with Gasteiger partial charge in [-0.05, 0) is 32.1 Å². The number of carbonyl (C=O) groups excluding carboxylic acids is 1. The lowest BCUT2D eigenvalue weighted by molar-refractivity contribution is -0.167. The summed E-state index contributed by atoms with van der Waals surface area (Å²) in [5.74, 6) is -1.04. The highest BCUT2D eigenvalue weighted by Gasteiger charge is 2.54. The second-order valence-electron chi connectivity index (χ2n) is 5.32. The molecule has 0 spiro atoms. The van der Waals surface area contributed by atoms with E-state index < -0.39 is 11.4 Å². The number of carboxylic acids is 1. The van der Waals surface area contributed by atoms with Crippen LogP contribution in [0.1, 0.15) is 51.9 Å². The van der Waals surface area contributed by atoms with Crippen molar-refractivity contribution in [1.29, 1.82) is 0 Å². The molecule has 0 saturated heterocycles. The highest BCUT2D eigenvalue weighted by molar-refractivity contribution is 6.03. The van der Waals surface area contributed by atoms with Gasteiger partial charge in [0.1, 0.15) is 5.41 Å². The molecule has 0 aromatic carbocycles. The first-order valence-corrected chi connectivity index (χ1v) is 6.66. The SMILES string of the molecule is CCCCN(C(=O)C1(C(=O)O)CCC1)C1CC1. The average molecular weight is 239 g/mol. The summed E-state index contributed by atoms with van der Waals surface area (Å²) >= 11 is 0. The van der Waals surface area contributed by atoms with Crippen molar-refractivity contribution in [3.8, 4) is 0 Å². The fourth-order valence-corrected chi connectivity index (χ4v) is 2.49. The molecular formula is C13H21NO3. The summed E-state index contributed by atoms with van der Waals surface area (Å²) in [4.78, 5) is 25.6. The van der Waals surface area contributed by atoms with E-state index in [1.165, 1.54) is 0 Å². The molecule has 0 unspecified atom stereocenters. The van der Waals surface area contributed by atoms with Crippen molar-refractivity contribution in [2.45, 2.75) is 57.9 Å². The van der Waals surface area contributed by atoms with Crippen molar-refractivity contribution in [3.05, 3.63) is 0 Å². The van der Waals surface area contributed by atoms with E-state index >= 15 is 0 Å². The third-order valence-corrected chi connectivity index (χ3v) is 4.03. The Morgan fingerprint density at radius 2 is 2.00 bits per heavy atom. The van der Waals surface area contributed by atoms with E-state index in [1.807, 2.05) is 4.90 Å². The van der Waals surface area contributed by atoms with Gasteiger partial charge in [-0.15, -0.1) is 0 Å². The first-order valence-electron chi connectivity index (χ1n) is 6.66. The lowest BCUT2D eigenvalue weighted by Crippen LogP contribution is -2.53. The van der Waals surface area contributed by atoms with Gasteiger partial charge in [-0.3, -0.25) is 9.59 Å². The summed E-state index contributed by atoms with van der Waals surface area (Å²) in [6.45, 7) is 2.82. The maximum absolute atomic E-state index is 12.4. The standard InChI is InChI=1S/C13H21NO3/c1-2-3-9-14(10-5-6-10)11(15)13(12(16)17)7-4-8-13/h10H,2-9H2,1H3,(H,16,17). The van der Waals surface area contributed by atoms with E-state index in [4.69, 9.17) is 0 Å². The number of carbonyl (C=O) groups is 2. The highest BCUT2D eigenvalue weighted by Crippen LogP contribution is 2.44. The zero-order chi connectivity index (χ0) is 12.5. The molecule has 2 saturated carbocycles. The van der Waals surface area contributed by atoms with Crippen LogP contribution in [0.3, 0.4) is 0 Å². The fraction of sp³-hybridized carbons (Fsp3) is 0.846. The first kappa shape index (κ1) is 12.4. The van der Waals surface area contributed by atoms with Crippen LogP contribution in [0.2, 0.25) is 0 Å². The Labute approximate surface area is 102 Å². The summed E-state index contributed by atoms with van der Waals surface area (Å²) in [6.07, 6.45) is 6.02. The number of amides is 1. The van der Waals surface area contributed by atoms with Crippen LogP contribution in [0, 0.1) is 5.41 Å². The maximum Gasteiger partial charge on any atom is 0.319 e. The van der Waals surface area contributed by atoms with Gasteiger partial charge in [0.05, 0.1) is 0 Å². The molecule has 0 heterocycles. The Hall–Kier alpha value is -1.06. The molecule has 4 nitrogen and oxygen atoms in total. The van der Waals surface area contributed by atoms with Gasteiger partial charge < -0.3 is 10.0 Å². The first-order chi connectivity index (χ1) is 8.12. The Kier molecular flexibility index (Phi) is 3.40. The van der Waals surface area contributed by atoms with E-state index in [9.17, 15) is 14.7 Å². The molecule has 96 valence electrons. The van der Waals surface area contributed by atoms with Crippen LogP contribution in [0.5, 0.6) is 0 Å². The van der Waals surface area contributed by atoms with Crippen molar-refractivity contribution in [1.82, 2.24) is 4.90 Å². The molecule has 0 aromatic rings. The third kappa shape index (κ3) is 2.17. The minimum absolute atomic E-state index is 0.118. The van der Waals surface area contributed by atoms with Gasteiger partial charge in [-0.25, -0.2) is 0 Å². The predicted octanol–water partition coefficient (Wildman–Crippen LogP) is 2.03. The summed E-state index contributed by atoms with van der Waals surface area (Å²) in [5, 5.41) is 9.28. The molecular weight excluding hydrogens is 218 g/mol. The van der Waals surface area contributed by atoms with Crippen molar-refractivity contribution >= 4 is 11.9 Å². The van der Waals surface area contributed by atoms with Gasteiger partial charge in [0.15, 0.2) is 0 Å². The molecule has 1 amide bonds. The molecule has 2 aliphatic rings. The number of unbranched alkanes of at least 4 members (excludes halogenated alkanes) is 1. The minimum Gasteiger partial charge on any atom is -0.480 e. The van der Waals surface area contributed by atoms with Crippen molar-refractivity contribution in [2.24, 2.45) is 5.41 Å². The van der Waals surface area contributed by atoms with Gasteiger partial charge in [-0.1, -0.05) is 19.8 Å². The molecule has 1 N–H and O–H groups in total. The fourth-order valence-electron chi connectivity index (χ4n) is 2.49. The van der Waals surface area contributed by atoms with Crippen LogP contribution < -0.4 is 0 Å². The second kappa shape index (κ2) is 4.67. The van der Waals surface area contributed by atoms with Gasteiger partial charge in [-0.2, -0.15) is 0 Å². The van der Waals surface area contributed by atoms with E-state index in [1.54, 1.807) is 0 Å². The summed E-state index contributed by atoms with van der Waals surface area (Å²) < 4.78 is 0. The Morgan fingerprint density at radius 3 is 2.35 bits per heavy atom. The smallest absolute Gasteiger partial charge is 0.319 e. The second-order valence-corrected chi connectivity index (χ2v) is 5.32. The number of rotatable bonds is 6. The molecule has 2 fully saturated rings. The summed E-state index contributed by atoms with van der Waals surface area (Å²) in [7, 11) is 0. The molecule has 0 atom stereocenters. The average Bonchev–Trinajstić information content (AvgIpc) is 3.00. The molecule has 2 rings (SSSR count). The minimum atomic E-state index is -1.07. The topological polar surface area (TPSA) is 57.6 Å². The van der Waals surface area contributed by atoms with Crippen LogP contribution in [0.15, 0.2) is 0 Å². The van der Waals surface area contributed by atoms with Crippen LogP contribution in [0.4, 0.5) is 0 Å². The van der Waals surface area contributed by atoms with E-state index in [2.05, 4.69) is 6.92 Å². The lowest BCUT2D eigenvalue weighted by atomic mass is 9.67. The molecule has 17 heavy (non-hydrogen) atoms. The van der Waals surface area contributed by atoms with Crippen molar-refractivity contribution in [2.75, 3.05) is 6.54 Å². The summed E-state index contributed by atoms with van der Waals surface area (Å²) in [5.41, 5.74) is -1.07. The van der Waals surface area contributed by atoms with E-state index in [-0.39, 0.29) is 5.91 Å². The molecule has 0 radical (unpaired) electrons. The molecule has 4 heteroatoms. The quantitative estimate of drug-likeness (QED) is 0.721. The molecule has 0 aromatic heterocycles. The Morgan fingerprint density at radius 1 is 1.35 bits per heavy atom. The van der Waals surface area contributed by atoms with Gasteiger partial charge >= 0.3 is 5.97 Å². The Balaban J connectivity index is 2.07. The largest absolute Gasteiger partial charge is 0.480 e.